The van der Waals surface area contributed by atoms with Crippen LogP contribution in [0, 0.1) is 0 Å². The lowest BCUT2D eigenvalue weighted by Gasteiger charge is -2.08. The Morgan fingerprint density at radius 1 is 0.447 bits per heavy atom. The fourth-order valence-corrected chi connectivity index (χ4v) is 3.83. The van der Waals surface area contributed by atoms with Crippen molar-refractivity contribution in [1.29, 1.82) is 0 Å². The molecule has 0 N–H and O–H groups in total. The Morgan fingerprint density at radius 2 is 0.737 bits per heavy atom. The molecule has 2 aromatic carbocycles. The predicted octanol–water partition coefficient (Wildman–Crippen LogP) is 8.58. The predicted molar refractivity (Wildman–Crippen MR) is 147 cm³/mol. The van der Waals surface area contributed by atoms with Gasteiger partial charge in [-0.05, 0) is 61.4 Å². The summed E-state index contributed by atoms with van der Waals surface area (Å²) in [5, 5.41) is 0. The summed E-state index contributed by atoms with van der Waals surface area (Å²) >= 11 is 0. The van der Waals surface area contributed by atoms with Gasteiger partial charge in [0, 0.05) is 12.8 Å². The summed E-state index contributed by atoms with van der Waals surface area (Å²) in [7, 11) is 0. The Morgan fingerprint density at radius 3 is 1.08 bits per heavy atom. The Balaban J connectivity index is 1.66. The SMILES string of the molecule is CCCCCCCCC(=O)Oc1ccc(OC(=O)Oc2ccc(OC(=O)CCCCCCCC)cc2)cc1. The van der Waals surface area contributed by atoms with Crippen molar-refractivity contribution in [3.8, 4) is 23.0 Å². The average Bonchev–Trinajstić information content (AvgIpc) is 2.90. The third-order valence-corrected chi connectivity index (χ3v) is 5.98. The van der Waals surface area contributed by atoms with Crippen molar-refractivity contribution in [3.05, 3.63) is 48.5 Å². The molecule has 7 nitrogen and oxygen atoms in total. The van der Waals surface area contributed by atoms with Gasteiger partial charge in [-0.1, -0.05) is 78.1 Å². The van der Waals surface area contributed by atoms with E-state index in [2.05, 4.69) is 13.8 Å². The van der Waals surface area contributed by atoms with Crippen molar-refractivity contribution >= 4 is 18.1 Å². The van der Waals surface area contributed by atoms with Crippen molar-refractivity contribution in [3.63, 3.8) is 0 Å². The summed E-state index contributed by atoms with van der Waals surface area (Å²) in [5.74, 6) is 0.749. The van der Waals surface area contributed by atoms with Gasteiger partial charge in [-0.25, -0.2) is 4.79 Å². The minimum atomic E-state index is -0.911. The van der Waals surface area contributed by atoms with Gasteiger partial charge in [0.25, 0.3) is 0 Å². The third kappa shape index (κ3) is 13.8. The fourth-order valence-electron chi connectivity index (χ4n) is 3.83. The zero-order chi connectivity index (χ0) is 27.4. The summed E-state index contributed by atoms with van der Waals surface area (Å²) in [4.78, 5) is 36.1. The normalized spacial score (nSPS) is 10.6. The monoisotopic (exact) mass is 526 g/mol. The van der Waals surface area contributed by atoms with Crippen LogP contribution in [-0.2, 0) is 9.59 Å². The zero-order valence-electron chi connectivity index (χ0n) is 22.9. The molecule has 38 heavy (non-hydrogen) atoms. The van der Waals surface area contributed by atoms with Crippen LogP contribution in [0.15, 0.2) is 48.5 Å². The summed E-state index contributed by atoms with van der Waals surface area (Å²) in [6.07, 6.45) is 13.1. The van der Waals surface area contributed by atoms with Crippen LogP contribution >= 0.6 is 0 Å². The molecule has 0 bridgehead atoms. The first-order chi connectivity index (χ1) is 18.5. The Labute approximate surface area is 226 Å². The van der Waals surface area contributed by atoms with Crippen LogP contribution in [0.3, 0.4) is 0 Å². The number of ether oxygens (including phenoxy) is 4. The van der Waals surface area contributed by atoms with Gasteiger partial charge in [0.1, 0.15) is 23.0 Å². The minimum absolute atomic E-state index is 0.256. The molecule has 2 rings (SSSR count). The Kier molecular flexibility index (Phi) is 15.3. The number of rotatable bonds is 18. The van der Waals surface area contributed by atoms with Crippen molar-refractivity contribution in [2.45, 2.75) is 104 Å². The van der Waals surface area contributed by atoms with E-state index >= 15 is 0 Å². The van der Waals surface area contributed by atoms with Crippen LogP contribution in [-0.4, -0.2) is 18.1 Å². The molecule has 0 aromatic heterocycles. The summed E-state index contributed by atoms with van der Waals surface area (Å²) < 4.78 is 21.0. The highest BCUT2D eigenvalue weighted by molar-refractivity contribution is 5.73. The first kappa shape index (κ1) is 30.9. The van der Waals surface area contributed by atoms with Gasteiger partial charge < -0.3 is 18.9 Å². The van der Waals surface area contributed by atoms with Gasteiger partial charge >= 0.3 is 18.1 Å². The first-order valence-electron chi connectivity index (χ1n) is 14.0. The summed E-state index contributed by atoms with van der Waals surface area (Å²) in [6, 6.07) is 12.4. The highest BCUT2D eigenvalue weighted by atomic mass is 16.7. The van der Waals surface area contributed by atoms with E-state index in [4.69, 9.17) is 18.9 Å². The molecule has 0 atom stereocenters. The number of benzene rings is 2. The molecule has 0 aliphatic carbocycles. The topological polar surface area (TPSA) is 88.1 Å². The molecule has 0 saturated heterocycles. The molecule has 2 aromatic rings. The number of esters is 2. The van der Waals surface area contributed by atoms with Crippen molar-refractivity contribution in [2.75, 3.05) is 0 Å². The maximum atomic E-state index is 12.1. The number of carbonyl (C=O) groups is 3. The van der Waals surface area contributed by atoms with E-state index in [1.54, 1.807) is 24.3 Å². The van der Waals surface area contributed by atoms with E-state index in [0.717, 1.165) is 38.5 Å². The van der Waals surface area contributed by atoms with E-state index in [-0.39, 0.29) is 23.4 Å². The second-order valence-electron chi connectivity index (χ2n) is 9.38. The Bertz CT molecular complexity index is 874. The van der Waals surface area contributed by atoms with Crippen LogP contribution in [0.25, 0.3) is 0 Å². The number of unbranched alkanes of at least 4 members (excludes halogenated alkanes) is 10. The number of hydrogen-bond donors (Lipinski definition) is 0. The van der Waals surface area contributed by atoms with Gasteiger partial charge in [0.2, 0.25) is 0 Å². The van der Waals surface area contributed by atoms with E-state index in [1.165, 1.54) is 62.8 Å². The van der Waals surface area contributed by atoms with Crippen LogP contribution in [0.5, 0.6) is 23.0 Å². The lowest BCUT2D eigenvalue weighted by Crippen LogP contribution is -2.14. The summed E-state index contributed by atoms with van der Waals surface area (Å²) in [6.45, 7) is 4.35. The van der Waals surface area contributed by atoms with Gasteiger partial charge in [0.15, 0.2) is 0 Å². The lowest BCUT2D eigenvalue weighted by molar-refractivity contribution is -0.135. The van der Waals surface area contributed by atoms with Crippen LogP contribution in [0.1, 0.15) is 104 Å². The zero-order valence-corrected chi connectivity index (χ0v) is 22.9. The second-order valence-corrected chi connectivity index (χ2v) is 9.38. The largest absolute Gasteiger partial charge is 0.519 e. The lowest BCUT2D eigenvalue weighted by atomic mass is 10.1. The van der Waals surface area contributed by atoms with Gasteiger partial charge in [-0.15, -0.1) is 0 Å². The second kappa shape index (κ2) is 18.8. The minimum Gasteiger partial charge on any atom is -0.427 e. The molecular weight excluding hydrogens is 484 g/mol. The molecule has 0 heterocycles. The molecule has 208 valence electrons. The van der Waals surface area contributed by atoms with Crippen molar-refractivity contribution in [2.24, 2.45) is 0 Å². The van der Waals surface area contributed by atoms with Crippen LogP contribution in [0.4, 0.5) is 4.79 Å². The van der Waals surface area contributed by atoms with Gasteiger partial charge in [-0.3, -0.25) is 9.59 Å². The molecule has 0 radical (unpaired) electrons. The van der Waals surface area contributed by atoms with Crippen molar-refractivity contribution in [1.82, 2.24) is 0 Å². The Hall–Kier alpha value is -3.35. The first-order valence-corrected chi connectivity index (χ1v) is 14.0. The number of carbonyl (C=O) groups excluding carboxylic acids is 3. The maximum absolute atomic E-state index is 12.1. The van der Waals surface area contributed by atoms with E-state index in [0.29, 0.717) is 24.3 Å². The molecule has 0 amide bonds. The van der Waals surface area contributed by atoms with Gasteiger partial charge in [-0.2, -0.15) is 0 Å². The highest BCUT2D eigenvalue weighted by Gasteiger charge is 2.11. The van der Waals surface area contributed by atoms with E-state index < -0.39 is 6.16 Å². The molecule has 7 heteroatoms. The molecule has 0 aliphatic rings. The number of hydrogen-bond acceptors (Lipinski definition) is 7. The molecule has 0 spiro atoms. The van der Waals surface area contributed by atoms with Crippen LogP contribution in [0.2, 0.25) is 0 Å². The van der Waals surface area contributed by atoms with Crippen molar-refractivity contribution < 1.29 is 33.3 Å². The summed E-state index contributed by atoms with van der Waals surface area (Å²) in [5.41, 5.74) is 0. The standard InChI is InChI=1S/C31H42O7/c1-3-5-7-9-11-13-15-29(32)35-25-17-21-27(22-18-25)37-31(34)38-28-23-19-26(20-24-28)36-30(33)16-14-12-10-8-6-4-2/h17-24H,3-16H2,1-2H3. The maximum Gasteiger partial charge on any atom is 0.519 e. The fraction of sp³-hybridized carbons (Fsp3) is 0.516. The smallest absolute Gasteiger partial charge is 0.427 e. The third-order valence-electron chi connectivity index (χ3n) is 5.98. The van der Waals surface area contributed by atoms with Crippen LogP contribution < -0.4 is 18.9 Å². The van der Waals surface area contributed by atoms with E-state index in [9.17, 15) is 14.4 Å². The quantitative estimate of drug-likeness (QED) is 0.0831. The average molecular weight is 527 g/mol. The molecule has 0 unspecified atom stereocenters. The highest BCUT2D eigenvalue weighted by Crippen LogP contribution is 2.22. The molecule has 0 aliphatic heterocycles. The van der Waals surface area contributed by atoms with E-state index in [1.807, 2.05) is 0 Å². The van der Waals surface area contributed by atoms with Gasteiger partial charge in [0.05, 0.1) is 0 Å². The molecular formula is C31H42O7. The molecule has 0 fully saturated rings. The molecule has 0 saturated carbocycles.